The summed E-state index contributed by atoms with van der Waals surface area (Å²) in [6.07, 6.45) is 0. The van der Waals surface area contributed by atoms with Gasteiger partial charge < -0.3 is 5.73 Å². The lowest BCUT2D eigenvalue weighted by molar-refractivity contribution is 0.597. The smallest absolute Gasteiger partial charge is 0.137 e. The molecule has 3 heteroatoms. The van der Waals surface area contributed by atoms with Crippen molar-refractivity contribution in [2.24, 2.45) is 5.73 Å². The van der Waals surface area contributed by atoms with Crippen LogP contribution in [0, 0.1) is 5.82 Å². The first-order valence-corrected chi connectivity index (χ1v) is 7.18. The van der Waals surface area contributed by atoms with Crippen LogP contribution >= 0.6 is 11.8 Å². The molecule has 100 valence electrons. The summed E-state index contributed by atoms with van der Waals surface area (Å²) < 4.78 is 13.9. The average molecular weight is 275 g/mol. The number of hydrogen-bond donors (Lipinski definition) is 1. The molecule has 0 aromatic heterocycles. The lowest BCUT2D eigenvalue weighted by Gasteiger charge is -2.10. The quantitative estimate of drug-likeness (QED) is 0.885. The van der Waals surface area contributed by atoms with Crippen LogP contribution in [0.4, 0.5) is 4.39 Å². The maximum absolute atomic E-state index is 13.9. The first-order valence-electron chi connectivity index (χ1n) is 6.37. The van der Waals surface area contributed by atoms with Crippen LogP contribution < -0.4 is 5.73 Å². The third-order valence-corrected chi connectivity index (χ3v) is 4.20. The molecule has 19 heavy (non-hydrogen) atoms. The Kier molecular flexibility index (Phi) is 4.61. The normalized spacial score (nSPS) is 11.0. The van der Waals surface area contributed by atoms with Gasteiger partial charge in [0.1, 0.15) is 5.82 Å². The van der Waals surface area contributed by atoms with E-state index in [-0.39, 0.29) is 5.82 Å². The highest BCUT2D eigenvalue weighted by molar-refractivity contribution is 7.99. The van der Waals surface area contributed by atoms with Gasteiger partial charge in [0.15, 0.2) is 0 Å². The third-order valence-electron chi connectivity index (χ3n) is 3.04. The van der Waals surface area contributed by atoms with E-state index in [2.05, 4.69) is 26.0 Å². The van der Waals surface area contributed by atoms with Crippen LogP contribution in [0.2, 0.25) is 0 Å². The van der Waals surface area contributed by atoms with E-state index in [0.717, 1.165) is 10.5 Å². The van der Waals surface area contributed by atoms with E-state index in [4.69, 9.17) is 5.73 Å². The summed E-state index contributed by atoms with van der Waals surface area (Å²) in [5.41, 5.74) is 7.79. The summed E-state index contributed by atoms with van der Waals surface area (Å²) >= 11 is 1.43. The first-order chi connectivity index (χ1) is 9.11. The van der Waals surface area contributed by atoms with Crippen LogP contribution in [0.25, 0.3) is 0 Å². The molecule has 0 aliphatic heterocycles. The Morgan fingerprint density at radius 3 is 2.37 bits per heavy atom. The molecule has 0 aliphatic rings. The molecule has 0 atom stereocenters. The van der Waals surface area contributed by atoms with Gasteiger partial charge >= 0.3 is 0 Å². The summed E-state index contributed by atoms with van der Waals surface area (Å²) in [6, 6.07) is 13.3. The summed E-state index contributed by atoms with van der Waals surface area (Å²) in [5, 5.41) is 0. The highest BCUT2D eigenvalue weighted by Crippen LogP contribution is 2.33. The van der Waals surface area contributed by atoms with E-state index in [1.54, 1.807) is 6.07 Å². The second-order valence-electron chi connectivity index (χ2n) is 4.76. The van der Waals surface area contributed by atoms with E-state index >= 15 is 0 Å². The molecule has 0 spiro atoms. The number of hydrogen-bond acceptors (Lipinski definition) is 2. The minimum absolute atomic E-state index is 0.208. The lowest BCUT2D eigenvalue weighted by atomic mass is 10.0. The van der Waals surface area contributed by atoms with Gasteiger partial charge in [-0.2, -0.15) is 0 Å². The van der Waals surface area contributed by atoms with Gasteiger partial charge in [-0.05, 0) is 35.2 Å². The van der Waals surface area contributed by atoms with Crippen molar-refractivity contribution >= 4 is 11.8 Å². The molecule has 0 fully saturated rings. The largest absolute Gasteiger partial charge is 0.326 e. The van der Waals surface area contributed by atoms with Gasteiger partial charge in [0.25, 0.3) is 0 Å². The fourth-order valence-electron chi connectivity index (χ4n) is 1.87. The molecular formula is C16H18FNS. The molecule has 2 rings (SSSR count). The minimum atomic E-state index is -0.208. The predicted octanol–water partition coefficient (Wildman–Crippen LogP) is 4.56. The molecule has 0 saturated carbocycles. The Bertz CT molecular complexity index is 549. The van der Waals surface area contributed by atoms with Crippen LogP contribution in [-0.2, 0) is 6.54 Å². The van der Waals surface area contributed by atoms with Crippen molar-refractivity contribution in [1.29, 1.82) is 0 Å². The van der Waals surface area contributed by atoms with E-state index in [9.17, 15) is 4.39 Å². The maximum atomic E-state index is 13.9. The van der Waals surface area contributed by atoms with E-state index < -0.39 is 0 Å². The van der Waals surface area contributed by atoms with Gasteiger partial charge in [0, 0.05) is 11.4 Å². The fraction of sp³-hybridized carbons (Fsp3) is 0.250. The Labute approximate surface area is 118 Å². The van der Waals surface area contributed by atoms with Crippen LogP contribution in [-0.4, -0.2) is 0 Å². The van der Waals surface area contributed by atoms with Gasteiger partial charge in [0.05, 0.1) is 4.90 Å². The SMILES string of the molecule is CC(C)c1ccc(Sc2c(F)cccc2CN)cc1. The summed E-state index contributed by atoms with van der Waals surface area (Å²) in [7, 11) is 0. The monoisotopic (exact) mass is 275 g/mol. The zero-order valence-corrected chi connectivity index (χ0v) is 12.0. The Hall–Kier alpha value is -1.32. The summed E-state index contributed by atoms with van der Waals surface area (Å²) in [5.74, 6) is 0.299. The van der Waals surface area contributed by atoms with Crippen LogP contribution in [0.15, 0.2) is 52.3 Å². The second-order valence-corrected chi connectivity index (χ2v) is 5.84. The zero-order chi connectivity index (χ0) is 13.8. The second kappa shape index (κ2) is 6.22. The molecule has 0 saturated heterocycles. The van der Waals surface area contributed by atoms with E-state index in [1.807, 2.05) is 18.2 Å². The molecule has 0 bridgehead atoms. The number of rotatable bonds is 4. The fourth-order valence-corrected chi connectivity index (χ4v) is 2.82. The van der Waals surface area contributed by atoms with Crippen LogP contribution in [0.3, 0.4) is 0 Å². The Morgan fingerprint density at radius 2 is 1.79 bits per heavy atom. The molecule has 2 N–H and O–H groups in total. The number of halogens is 1. The van der Waals surface area contributed by atoms with Crippen LogP contribution in [0.1, 0.15) is 30.9 Å². The predicted molar refractivity (Wildman–Crippen MR) is 78.9 cm³/mol. The molecule has 0 aliphatic carbocycles. The molecule has 2 aromatic carbocycles. The molecule has 1 nitrogen and oxygen atoms in total. The summed E-state index contributed by atoms with van der Waals surface area (Å²) in [6.45, 7) is 4.67. The molecule has 0 heterocycles. The van der Waals surface area contributed by atoms with E-state index in [1.165, 1.54) is 23.4 Å². The topological polar surface area (TPSA) is 26.0 Å². The average Bonchev–Trinajstić information content (AvgIpc) is 2.41. The molecule has 0 radical (unpaired) electrons. The Balaban J connectivity index is 2.26. The first kappa shape index (κ1) is 14.1. The van der Waals surface area contributed by atoms with Gasteiger partial charge in [-0.1, -0.05) is 49.9 Å². The van der Waals surface area contributed by atoms with Crippen molar-refractivity contribution in [3.05, 3.63) is 59.4 Å². The van der Waals surface area contributed by atoms with Crippen molar-refractivity contribution in [3.8, 4) is 0 Å². The molecule has 0 amide bonds. The minimum Gasteiger partial charge on any atom is -0.326 e. The van der Waals surface area contributed by atoms with Gasteiger partial charge in [-0.3, -0.25) is 0 Å². The van der Waals surface area contributed by atoms with Crippen molar-refractivity contribution in [2.45, 2.75) is 36.1 Å². The highest BCUT2D eigenvalue weighted by Gasteiger charge is 2.09. The summed E-state index contributed by atoms with van der Waals surface area (Å²) in [4.78, 5) is 1.66. The maximum Gasteiger partial charge on any atom is 0.137 e. The van der Waals surface area contributed by atoms with E-state index in [0.29, 0.717) is 17.4 Å². The standard InChI is InChI=1S/C16H18FNS/c1-11(2)12-6-8-14(9-7-12)19-16-13(10-18)4-3-5-15(16)17/h3-9,11H,10,18H2,1-2H3. The van der Waals surface area contributed by atoms with Gasteiger partial charge in [0.2, 0.25) is 0 Å². The van der Waals surface area contributed by atoms with Gasteiger partial charge in [-0.25, -0.2) is 4.39 Å². The third kappa shape index (κ3) is 3.37. The highest BCUT2D eigenvalue weighted by atomic mass is 32.2. The Morgan fingerprint density at radius 1 is 1.11 bits per heavy atom. The zero-order valence-electron chi connectivity index (χ0n) is 11.2. The molecule has 0 unspecified atom stereocenters. The van der Waals surface area contributed by atoms with Crippen molar-refractivity contribution in [2.75, 3.05) is 0 Å². The van der Waals surface area contributed by atoms with Crippen LogP contribution in [0.5, 0.6) is 0 Å². The number of benzene rings is 2. The van der Waals surface area contributed by atoms with Crippen molar-refractivity contribution in [1.82, 2.24) is 0 Å². The number of nitrogens with two attached hydrogens (primary N) is 1. The lowest BCUT2D eigenvalue weighted by Crippen LogP contribution is -1.99. The van der Waals surface area contributed by atoms with Gasteiger partial charge in [-0.15, -0.1) is 0 Å². The molecular weight excluding hydrogens is 257 g/mol. The van der Waals surface area contributed by atoms with Crippen molar-refractivity contribution in [3.63, 3.8) is 0 Å². The van der Waals surface area contributed by atoms with Crippen molar-refractivity contribution < 1.29 is 4.39 Å². The molecule has 2 aromatic rings.